The van der Waals surface area contributed by atoms with E-state index in [4.69, 9.17) is 4.52 Å². The molecule has 104 valence electrons. The Morgan fingerprint density at radius 1 is 1.00 bits per heavy atom. The van der Waals surface area contributed by atoms with Gasteiger partial charge in [-0.05, 0) is 24.3 Å². The lowest BCUT2D eigenvalue weighted by atomic mass is 10.2. The number of hydrogen-bond donors (Lipinski definition) is 0. The standard InChI is InChI=1S/C14H9N3O4/c18-16-13(10-4-2-1-3-5-10)15-21-14(16)11-6-8-12(9-7-11)17(19)20/h1-9H. The molecule has 3 rings (SSSR count). The molecule has 0 aliphatic carbocycles. The number of hydrogen-bond acceptors (Lipinski definition) is 5. The molecule has 3 aromatic rings. The summed E-state index contributed by atoms with van der Waals surface area (Å²) in [4.78, 5) is 10.1. The van der Waals surface area contributed by atoms with E-state index in [1.165, 1.54) is 24.3 Å². The molecule has 1 aromatic heterocycles. The molecule has 0 bridgehead atoms. The summed E-state index contributed by atoms with van der Waals surface area (Å²) in [7, 11) is 0. The molecule has 0 N–H and O–H groups in total. The summed E-state index contributed by atoms with van der Waals surface area (Å²) in [5.41, 5.74) is 0.994. The van der Waals surface area contributed by atoms with Gasteiger partial charge in [-0.15, -0.1) is 0 Å². The van der Waals surface area contributed by atoms with Crippen molar-refractivity contribution in [2.45, 2.75) is 0 Å². The van der Waals surface area contributed by atoms with E-state index in [0.717, 1.165) is 0 Å². The van der Waals surface area contributed by atoms with Crippen LogP contribution < -0.4 is 4.73 Å². The van der Waals surface area contributed by atoms with Crippen LogP contribution in [-0.2, 0) is 0 Å². The van der Waals surface area contributed by atoms with Gasteiger partial charge in [-0.25, -0.2) is 4.52 Å². The smallest absolute Gasteiger partial charge is 0.383 e. The second kappa shape index (κ2) is 5.04. The van der Waals surface area contributed by atoms with Gasteiger partial charge in [-0.3, -0.25) is 10.1 Å². The Morgan fingerprint density at radius 2 is 1.67 bits per heavy atom. The van der Waals surface area contributed by atoms with E-state index in [2.05, 4.69) is 5.16 Å². The molecule has 0 saturated heterocycles. The fourth-order valence-electron chi connectivity index (χ4n) is 1.91. The maximum atomic E-state index is 12.2. The van der Waals surface area contributed by atoms with Gasteiger partial charge in [0.05, 0.1) is 16.1 Å². The number of nitrogens with zero attached hydrogens (tertiary/aromatic N) is 3. The SMILES string of the molecule is O=[N+]([O-])c1ccc(-c2onc(-c3ccccc3)[n+]2[O-])cc1. The molecule has 0 amide bonds. The highest BCUT2D eigenvalue weighted by molar-refractivity contribution is 5.56. The normalized spacial score (nSPS) is 10.5. The molecule has 0 aliphatic heterocycles. The van der Waals surface area contributed by atoms with Crippen molar-refractivity contribution in [3.63, 3.8) is 0 Å². The lowest BCUT2D eigenvalue weighted by molar-refractivity contribution is -0.585. The highest BCUT2D eigenvalue weighted by Gasteiger charge is 2.22. The summed E-state index contributed by atoms with van der Waals surface area (Å²) in [6, 6.07) is 14.4. The highest BCUT2D eigenvalue weighted by Crippen LogP contribution is 2.22. The first-order valence-electron chi connectivity index (χ1n) is 6.06. The predicted octanol–water partition coefficient (Wildman–Crippen LogP) is 2.55. The summed E-state index contributed by atoms with van der Waals surface area (Å²) in [6.07, 6.45) is 0. The molecule has 0 atom stereocenters. The van der Waals surface area contributed by atoms with Crippen LogP contribution in [0.25, 0.3) is 22.8 Å². The van der Waals surface area contributed by atoms with E-state index in [0.29, 0.717) is 15.9 Å². The fourth-order valence-corrected chi connectivity index (χ4v) is 1.91. The van der Waals surface area contributed by atoms with Gasteiger partial charge in [0, 0.05) is 12.1 Å². The molecule has 0 fully saturated rings. The number of nitro benzene ring substituents is 1. The maximum absolute atomic E-state index is 12.2. The molecule has 2 aromatic carbocycles. The Bertz CT molecular complexity index is 782. The van der Waals surface area contributed by atoms with Gasteiger partial charge in [0.2, 0.25) is 0 Å². The first-order valence-corrected chi connectivity index (χ1v) is 6.06. The van der Waals surface area contributed by atoms with Crippen LogP contribution in [0, 0.1) is 15.3 Å². The van der Waals surface area contributed by atoms with Crippen LogP contribution in [0.5, 0.6) is 0 Å². The fraction of sp³-hybridized carbons (Fsp3) is 0. The largest absolute Gasteiger partial charge is 0.708 e. The van der Waals surface area contributed by atoms with Crippen LogP contribution in [0.2, 0.25) is 0 Å². The minimum Gasteiger partial charge on any atom is -0.708 e. The van der Waals surface area contributed by atoms with E-state index in [1.807, 2.05) is 6.07 Å². The van der Waals surface area contributed by atoms with Crippen molar-refractivity contribution in [2.24, 2.45) is 0 Å². The van der Waals surface area contributed by atoms with Crippen LogP contribution in [0.1, 0.15) is 0 Å². The number of aromatic nitrogens is 2. The molecular formula is C14H9N3O4. The lowest BCUT2D eigenvalue weighted by Crippen LogP contribution is -2.29. The molecule has 21 heavy (non-hydrogen) atoms. The molecule has 7 heteroatoms. The van der Waals surface area contributed by atoms with Crippen molar-refractivity contribution >= 4 is 5.69 Å². The van der Waals surface area contributed by atoms with E-state index in [1.54, 1.807) is 24.3 Å². The lowest BCUT2D eigenvalue weighted by Gasteiger charge is -2.01. The van der Waals surface area contributed by atoms with Crippen LogP contribution in [0.4, 0.5) is 5.69 Å². The molecule has 0 unspecified atom stereocenters. The van der Waals surface area contributed by atoms with Crippen molar-refractivity contribution in [3.05, 3.63) is 69.9 Å². The zero-order chi connectivity index (χ0) is 14.8. The van der Waals surface area contributed by atoms with Crippen LogP contribution >= 0.6 is 0 Å². The van der Waals surface area contributed by atoms with Crippen molar-refractivity contribution < 1.29 is 14.2 Å². The van der Waals surface area contributed by atoms with Gasteiger partial charge >= 0.3 is 11.7 Å². The third-order valence-electron chi connectivity index (χ3n) is 2.95. The molecule has 0 aliphatic rings. The first-order chi connectivity index (χ1) is 10.2. The third kappa shape index (κ3) is 2.32. The van der Waals surface area contributed by atoms with E-state index in [9.17, 15) is 15.3 Å². The van der Waals surface area contributed by atoms with Crippen molar-refractivity contribution in [2.75, 3.05) is 0 Å². The second-order valence-corrected chi connectivity index (χ2v) is 4.28. The van der Waals surface area contributed by atoms with Crippen molar-refractivity contribution in [3.8, 4) is 22.8 Å². The summed E-state index contributed by atoms with van der Waals surface area (Å²) in [5, 5.41) is 26.6. The van der Waals surface area contributed by atoms with Crippen LogP contribution in [0.3, 0.4) is 0 Å². The zero-order valence-corrected chi connectivity index (χ0v) is 10.7. The summed E-state index contributed by atoms with van der Waals surface area (Å²) < 4.78 is 5.63. The van der Waals surface area contributed by atoms with Gasteiger partial charge in [0.1, 0.15) is 0 Å². The topological polar surface area (TPSA) is 96.1 Å². The van der Waals surface area contributed by atoms with Gasteiger partial charge in [-0.2, -0.15) is 4.73 Å². The Morgan fingerprint density at radius 3 is 2.29 bits per heavy atom. The Kier molecular flexibility index (Phi) is 3.07. The minimum absolute atomic E-state index is 0.0104. The zero-order valence-electron chi connectivity index (χ0n) is 10.7. The van der Waals surface area contributed by atoms with Gasteiger partial charge in [0.25, 0.3) is 5.69 Å². The average molecular weight is 283 g/mol. The number of non-ortho nitro benzene ring substituents is 1. The molecule has 0 saturated carbocycles. The van der Waals surface area contributed by atoms with Gasteiger partial charge in [0.15, 0.2) is 5.16 Å². The van der Waals surface area contributed by atoms with Crippen LogP contribution in [0.15, 0.2) is 59.1 Å². The summed E-state index contributed by atoms with van der Waals surface area (Å²) >= 11 is 0. The molecule has 7 nitrogen and oxygen atoms in total. The summed E-state index contributed by atoms with van der Waals surface area (Å²) in [5.74, 6) is 0.132. The number of nitro groups is 1. The van der Waals surface area contributed by atoms with Crippen LogP contribution in [-0.4, -0.2) is 10.1 Å². The molecule has 1 heterocycles. The average Bonchev–Trinajstić information content (AvgIpc) is 2.90. The monoisotopic (exact) mass is 283 g/mol. The predicted molar refractivity (Wildman–Crippen MR) is 73.0 cm³/mol. The third-order valence-corrected chi connectivity index (χ3v) is 2.95. The summed E-state index contributed by atoms with van der Waals surface area (Å²) in [6.45, 7) is 0. The minimum atomic E-state index is -0.509. The van der Waals surface area contributed by atoms with Crippen molar-refractivity contribution in [1.82, 2.24) is 5.16 Å². The Hall–Kier alpha value is -3.22. The van der Waals surface area contributed by atoms with Gasteiger partial charge < -0.3 is 5.21 Å². The quantitative estimate of drug-likeness (QED) is 0.318. The number of benzene rings is 2. The first kappa shape index (κ1) is 12.8. The molecule has 0 radical (unpaired) electrons. The number of rotatable bonds is 3. The second-order valence-electron chi connectivity index (χ2n) is 4.28. The van der Waals surface area contributed by atoms with E-state index >= 15 is 0 Å². The Balaban J connectivity index is 2.01. The molecular weight excluding hydrogens is 274 g/mol. The van der Waals surface area contributed by atoms with Gasteiger partial charge in [-0.1, -0.05) is 18.2 Å². The maximum Gasteiger partial charge on any atom is 0.383 e. The highest BCUT2D eigenvalue weighted by atomic mass is 16.6. The Labute approximate surface area is 118 Å². The van der Waals surface area contributed by atoms with E-state index in [-0.39, 0.29) is 17.4 Å². The molecule has 0 spiro atoms. The van der Waals surface area contributed by atoms with Crippen molar-refractivity contribution in [1.29, 1.82) is 0 Å². The van der Waals surface area contributed by atoms with E-state index < -0.39 is 4.92 Å².